The predicted octanol–water partition coefficient (Wildman–Crippen LogP) is 6.70. The molecule has 1 fully saturated rings. The topological polar surface area (TPSA) is 70.3 Å². The molecule has 5 heteroatoms. The number of aromatic amines is 1. The van der Waals surface area contributed by atoms with Crippen molar-refractivity contribution in [2.24, 2.45) is 5.92 Å². The largest absolute Gasteiger partial charge is 0.346 e. The molecule has 0 unspecified atom stereocenters. The molecule has 0 amide bonds. The highest BCUT2D eigenvalue weighted by molar-refractivity contribution is 6.02. The summed E-state index contributed by atoms with van der Waals surface area (Å²) in [6.07, 6.45) is 12.8. The Bertz CT molecular complexity index is 1480. The monoisotopic (exact) mass is 431 g/mol. The Morgan fingerprint density at radius 3 is 2.61 bits per heavy atom. The number of nitrogens with one attached hydrogen (secondary N) is 1. The summed E-state index contributed by atoms with van der Waals surface area (Å²) in [6.45, 7) is 1.05. The second kappa shape index (κ2) is 8.22. The van der Waals surface area contributed by atoms with E-state index in [4.69, 9.17) is 4.98 Å². The molecule has 0 bridgehead atoms. The number of benzene rings is 2. The molecule has 5 aromatic rings. The lowest BCUT2D eigenvalue weighted by molar-refractivity contribution is 0.322. The van der Waals surface area contributed by atoms with Crippen LogP contribution in [0.15, 0.2) is 67.1 Å². The van der Waals surface area contributed by atoms with E-state index in [0.29, 0.717) is 5.56 Å². The van der Waals surface area contributed by atoms with Gasteiger partial charge in [0.2, 0.25) is 0 Å². The number of pyridine rings is 1. The number of hydrogen-bond acceptors (Lipinski definition) is 3. The van der Waals surface area contributed by atoms with Crippen molar-refractivity contribution in [2.45, 2.75) is 38.6 Å². The van der Waals surface area contributed by atoms with E-state index in [0.717, 1.165) is 45.7 Å². The van der Waals surface area contributed by atoms with Crippen molar-refractivity contribution in [3.8, 4) is 28.5 Å². The quantitative estimate of drug-likeness (QED) is 0.344. The molecular formula is C28H25N5. The van der Waals surface area contributed by atoms with Crippen LogP contribution in [0.3, 0.4) is 0 Å². The molecule has 0 atom stereocenters. The van der Waals surface area contributed by atoms with Crippen molar-refractivity contribution in [3.05, 3.63) is 72.7 Å². The first-order valence-electron chi connectivity index (χ1n) is 11.7. The van der Waals surface area contributed by atoms with Crippen molar-refractivity contribution < 1.29 is 0 Å². The fourth-order valence-corrected chi connectivity index (χ4v) is 5.28. The molecule has 1 saturated carbocycles. The number of aromatic nitrogens is 4. The molecular weight excluding hydrogens is 406 g/mol. The minimum atomic E-state index is 0.662. The standard InChI is InChI=1S/C28H25N5/c29-15-19-6-8-21(9-7-19)27-24-12-13-33(18-20-4-2-1-3-5-20)26(24)17-30-28(27)22-10-11-25-23(14-22)16-31-32-25/h6-14,16-17,20H,1-5,18H2,(H,31,32). The lowest BCUT2D eigenvalue weighted by Gasteiger charge is -2.22. The SMILES string of the molecule is N#Cc1ccc(-c2c(-c3ccc4[nH]ncc4c3)ncc3c2ccn3CC2CCCCC2)cc1. The minimum absolute atomic E-state index is 0.662. The van der Waals surface area contributed by atoms with Crippen molar-refractivity contribution in [2.75, 3.05) is 0 Å². The zero-order valence-electron chi connectivity index (χ0n) is 18.5. The Hall–Kier alpha value is -3.91. The first-order valence-corrected chi connectivity index (χ1v) is 11.7. The van der Waals surface area contributed by atoms with Crippen LogP contribution in [0.5, 0.6) is 0 Å². The van der Waals surface area contributed by atoms with E-state index in [-0.39, 0.29) is 0 Å². The van der Waals surface area contributed by atoms with Gasteiger partial charge in [-0.05, 0) is 54.7 Å². The summed E-state index contributed by atoms with van der Waals surface area (Å²) < 4.78 is 2.38. The van der Waals surface area contributed by atoms with Crippen LogP contribution < -0.4 is 0 Å². The van der Waals surface area contributed by atoms with Gasteiger partial charge in [-0.25, -0.2) is 0 Å². The van der Waals surface area contributed by atoms with E-state index in [1.165, 1.54) is 43.0 Å². The van der Waals surface area contributed by atoms with E-state index in [1.807, 2.05) is 36.7 Å². The molecule has 1 aliphatic rings. The predicted molar refractivity (Wildman–Crippen MR) is 132 cm³/mol. The first-order chi connectivity index (χ1) is 16.3. The summed E-state index contributed by atoms with van der Waals surface area (Å²) in [6, 6.07) is 18.6. The number of rotatable bonds is 4. The van der Waals surface area contributed by atoms with Gasteiger partial charge >= 0.3 is 0 Å². The van der Waals surface area contributed by atoms with Gasteiger partial charge in [0.15, 0.2) is 0 Å². The minimum Gasteiger partial charge on any atom is -0.346 e. The van der Waals surface area contributed by atoms with Crippen LogP contribution >= 0.6 is 0 Å². The van der Waals surface area contributed by atoms with Gasteiger partial charge in [0.25, 0.3) is 0 Å². The molecule has 0 spiro atoms. The molecule has 3 heterocycles. The normalized spacial score (nSPS) is 14.6. The number of nitriles is 1. The zero-order chi connectivity index (χ0) is 22.2. The van der Waals surface area contributed by atoms with Crippen LogP contribution in [0.25, 0.3) is 44.2 Å². The van der Waals surface area contributed by atoms with Crippen molar-refractivity contribution >= 4 is 21.8 Å². The summed E-state index contributed by atoms with van der Waals surface area (Å²) in [5.74, 6) is 0.746. The number of fused-ring (bicyclic) bond motifs is 2. The molecule has 6 rings (SSSR count). The Kier molecular flexibility index (Phi) is 4.92. The molecule has 1 N–H and O–H groups in total. The van der Waals surface area contributed by atoms with Gasteiger partial charge in [-0.2, -0.15) is 10.4 Å². The summed E-state index contributed by atoms with van der Waals surface area (Å²) in [4.78, 5) is 5.00. The molecule has 0 aliphatic heterocycles. The maximum Gasteiger partial charge on any atom is 0.0991 e. The highest BCUT2D eigenvalue weighted by Crippen LogP contribution is 2.38. The Labute approximate surface area is 192 Å². The van der Waals surface area contributed by atoms with Crippen LogP contribution in [0.4, 0.5) is 0 Å². The average Bonchev–Trinajstić information content (AvgIpc) is 3.51. The fourth-order valence-electron chi connectivity index (χ4n) is 5.28. The number of H-pyrrole nitrogens is 1. The maximum absolute atomic E-state index is 9.27. The Morgan fingerprint density at radius 1 is 0.970 bits per heavy atom. The molecule has 1 aliphatic carbocycles. The van der Waals surface area contributed by atoms with Gasteiger partial charge in [0.1, 0.15) is 0 Å². The molecule has 0 radical (unpaired) electrons. The van der Waals surface area contributed by atoms with E-state index < -0.39 is 0 Å². The smallest absolute Gasteiger partial charge is 0.0991 e. The van der Waals surface area contributed by atoms with Gasteiger partial charge in [0, 0.05) is 34.6 Å². The lowest BCUT2D eigenvalue weighted by atomic mass is 9.89. The second-order valence-electron chi connectivity index (χ2n) is 9.11. The van der Waals surface area contributed by atoms with Crippen LogP contribution in [-0.2, 0) is 6.54 Å². The zero-order valence-corrected chi connectivity index (χ0v) is 18.5. The van der Waals surface area contributed by atoms with Crippen molar-refractivity contribution in [3.63, 3.8) is 0 Å². The second-order valence-corrected chi connectivity index (χ2v) is 9.11. The molecule has 0 saturated heterocycles. The van der Waals surface area contributed by atoms with Gasteiger partial charge < -0.3 is 4.57 Å². The van der Waals surface area contributed by atoms with Gasteiger partial charge in [-0.15, -0.1) is 0 Å². The summed E-state index contributed by atoms with van der Waals surface area (Å²) >= 11 is 0. The maximum atomic E-state index is 9.27. The third kappa shape index (κ3) is 3.58. The summed E-state index contributed by atoms with van der Waals surface area (Å²) in [5, 5.41) is 18.7. The number of hydrogen-bond donors (Lipinski definition) is 1. The van der Waals surface area contributed by atoms with E-state index in [1.54, 1.807) is 0 Å². The van der Waals surface area contributed by atoms with Crippen LogP contribution in [0, 0.1) is 17.2 Å². The molecule has 33 heavy (non-hydrogen) atoms. The van der Waals surface area contributed by atoms with E-state index >= 15 is 0 Å². The number of nitrogens with zero attached hydrogens (tertiary/aromatic N) is 4. The van der Waals surface area contributed by atoms with Crippen LogP contribution in [0.1, 0.15) is 37.7 Å². The molecule has 3 aromatic heterocycles. The Morgan fingerprint density at radius 2 is 1.79 bits per heavy atom. The van der Waals surface area contributed by atoms with Crippen LogP contribution in [-0.4, -0.2) is 19.7 Å². The molecule has 2 aromatic carbocycles. The third-order valence-corrected chi connectivity index (χ3v) is 7.02. The third-order valence-electron chi connectivity index (χ3n) is 7.02. The van der Waals surface area contributed by atoms with E-state index in [9.17, 15) is 5.26 Å². The fraction of sp³-hybridized carbons (Fsp3) is 0.250. The highest BCUT2D eigenvalue weighted by atomic mass is 15.1. The molecule has 162 valence electrons. The summed E-state index contributed by atoms with van der Waals surface area (Å²) in [7, 11) is 0. The average molecular weight is 432 g/mol. The van der Waals surface area contributed by atoms with E-state index in [2.05, 4.69) is 51.3 Å². The lowest BCUT2D eigenvalue weighted by Crippen LogP contribution is -2.13. The van der Waals surface area contributed by atoms with Gasteiger partial charge in [0.05, 0.1) is 40.8 Å². The van der Waals surface area contributed by atoms with Gasteiger partial charge in [-0.3, -0.25) is 10.1 Å². The highest BCUT2D eigenvalue weighted by Gasteiger charge is 2.19. The van der Waals surface area contributed by atoms with Crippen LogP contribution in [0.2, 0.25) is 0 Å². The molecule has 5 nitrogen and oxygen atoms in total. The van der Waals surface area contributed by atoms with Crippen molar-refractivity contribution in [1.29, 1.82) is 5.26 Å². The first kappa shape index (κ1) is 19.8. The van der Waals surface area contributed by atoms with Gasteiger partial charge in [-0.1, -0.05) is 37.5 Å². The summed E-state index contributed by atoms with van der Waals surface area (Å²) in [5.41, 5.74) is 7.05. The Balaban J connectivity index is 1.52. The van der Waals surface area contributed by atoms with Crippen molar-refractivity contribution in [1.82, 2.24) is 19.7 Å².